The summed E-state index contributed by atoms with van der Waals surface area (Å²) in [6.07, 6.45) is -1.80. The second-order valence-electron chi connectivity index (χ2n) is 12.3. The monoisotopic (exact) mass is 652 g/mol. The van der Waals surface area contributed by atoms with Gasteiger partial charge in [-0.05, 0) is 48.1 Å². The molecule has 2 aliphatic rings. The number of carbonyl (C=O) groups excluding carboxylic acids is 1. The van der Waals surface area contributed by atoms with E-state index in [2.05, 4.69) is 10.6 Å². The summed E-state index contributed by atoms with van der Waals surface area (Å²) in [6, 6.07) is 22.8. The van der Waals surface area contributed by atoms with Crippen LogP contribution >= 0.6 is 0 Å². The van der Waals surface area contributed by atoms with E-state index in [4.69, 9.17) is 19.9 Å². The summed E-state index contributed by atoms with van der Waals surface area (Å²) in [5.74, 6) is -0.0808. The molecule has 0 bridgehead atoms. The highest BCUT2D eigenvalue weighted by molar-refractivity contribution is 7.89. The Balaban J connectivity index is 1.33. The van der Waals surface area contributed by atoms with Gasteiger partial charge in [0.05, 0.1) is 47.5 Å². The molecule has 11 nitrogen and oxygen atoms in total. The Morgan fingerprint density at radius 2 is 1.72 bits per heavy atom. The summed E-state index contributed by atoms with van der Waals surface area (Å²) in [5.41, 5.74) is 9.00. The van der Waals surface area contributed by atoms with Crippen molar-refractivity contribution in [1.29, 1.82) is 0 Å². The molecule has 0 saturated carbocycles. The summed E-state index contributed by atoms with van der Waals surface area (Å²) in [5, 5.41) is 17.6. The Morgan fingerprint density at radius 3 is 2.41 bits per heavy atom. The number of sulfonamides is 1. The van der Waals surface area contributed by atoms with Gasteiger partial charge in [-0.15, -0.1) is 0 Å². The van der Waals surface area contributed by atoms with Crippen LogP contribution in [0.15, 0.2) is 83.8 Å². The first-order chi connectivity index (χ1) is 22.1. The van der Waals surface area contributed by atoms with Crippen LogP contribution in [-0.4, -0.2) is 74.8 Å². The number of rotatable bonds is 14. The molecule has 248 valence electrons. The van der Waals surface area contributed by atoms with Gasteiger partial charge in [0.15, 0.2) is 6.29 Å². The molecule has 3 aromatic carbocycles. The molecule has 46 heavy (non-hydrogen) atoms. The van der Waals surface area contributed by atoms with Crippen molar-refractivity contribution in [2.75, 3.05) is 37.4 Å². The molecule has 3 aromatic rings. The lowest BCUT2D eigenvalue weighted by Gasteiger charge is -2.31. The van der Waals surface area contributed by atoms with Crippen LogP contribution in [0.2, 0.25) is 0 Å². The fraction of sp³-hybridized carbons (Fsp3) is 0.441. The van der Waals surface area contributed by atoms with Gasteiger partial charge >= 0.3 is 6.09 Å². The number of nitrogens with one attached hydrogen (secondary N) is 2. The van der Waals surface area contributed by atoms with Crippen molar-refractivity contribution < 1.29 is 32.5 Å². The molecule has 5 N–H and O–H groups in total. The SMILES string of the molecule is CC(C)CN(C[C@@H](O)[C@H](Cc1ccccc1)NC(=O)O[C@H]1CO[C@H]2OCC[C@H]21)S(=O)(=O)c1ccc(N)c(NCc2ccccc2)c1. The highest BCUT2D eigenvalue weighted by Gasteiger charge is 2.44. The fourth-order valence-electron chi connectivity index (χ4n) is 5.83. The lowest BCUT2D eigenvalue weighted by atomic mass is 10.0. The highest BCUT2D eigenvalue weighted by Crippen LogP contribution is 2.33. The normalized spacial score (nSPS) is 20.8. The van der Waals surface area contributed by atoms with Crippen LogP contribution in [-0.2, 0) is 37.2 Å². The van der Waals surface area contributed by atoms with Crippen LogP contribution in [0.1, 0.15) is 31.4 Å². The fourth-order valence-corrected chi connectivity index (χ4v) is 7.48. The van der Waals surface area contributed by atoms with Gasteiger partial charge in [0.25, 0.3) is 0 Å². The molecule has 12 heteroatoms. The number of carbonyl (C=O) groups is 1. The molecular weight excluding hydrogens is 608 g/mol. The molecule has 2 aliphatic heterocycles. The predicted octanol–water partition coefficient (Wildman–Crippen LogP) is 3.99. The third-order valence-electron chi connectivity index (χ3n) is 8.26. The second kappa shape index (κ2) is 15.3. The number of nitrogens with zero attached hydrogens (tertiary/aromatic N) is 1. The van der Waals surface area contributed by atoms with Gasteiger partial charge in [0.2, 0.25) is 10.0 Å². The number of hydrogen-bond donors (Lipinski definition) is 4. The smallest absolute Gasteiger partial charge is 0.407 e. The second-order valence-corrected chi connectivity index (χ2v) is 14.2. The minimum absolute atomic E-state index is 0.0399. The van der Waals surface area contributed by atoms with Crippen LogP contribution in [0.25, 0.3) is 0 Å². The predicted molar refractivity (Wildman–Crippen MR) is 175 cm³/mol. The Hall–Kier alpha value is -3.68. The summed E-state index contributed by atoms with van der Waals surface area (Å²) in [7, 11) is -4.07. The number of aliphatic hydroxyl groups excluding tert-OH is 1. The van der Waals surface area contributed by atoms with Crippen LogP contribution in [0, 0.1) is 11.8 Å². The number of anilines is 2. The van der Waals surface area contributed by atoms with Crippen molar-refractivity contribution in [3.05, 3.63) is 90.0 Å². The van der Waals surface area contributed by atoms with Crippen LogP contribution in [0.3, 0.4) is 0 Å². The summed E-state index contributed by atoms with van der Waals surface area (Å²) in [6.45, 7) is 4.97. The zero-order valence-corrected chi connectivity index (χ0v) is 27.1. The van der Waals surface area contributed by atoms with Gasteiger partial charge in [-0.25, -0.2) is 13.2 Å². The molecule has 5 rings (SSSR count). The first-order valence-corrected chi connectivity index (χ1v) is 17.1. The maximum Gasteiger partial charge on any atom is 0.407 e. The van der Waals surface area contributed by atoms with E-state index in [-0.39, 0.29) is 49.1 Å². The van der Waals surface area contributed by atoms with E-state index < -0.39 is 34.4 Å². The van der Waals surface area contributed by atoms with Crippen molar-refractivity contribution in [2.45, 2.75) is 62.7 Å². The van der Waals surface area contributed by atoms with Crippen LogP contribution in [0.5, 0.6) is 0 Å². The Kier molecular flexibility index (Phi) is 11.2. The Labute approximate surface area is 271 Å². The summed E-state index contributed by atoms with van der Waals surface area (Å²) >= 11 is 0. The number of alkyl carbamates (subject to hydrolysis) is 1. The maximum absolute atomic E-state index is 14.1. The number of ether oxygens (including phenoxy) is 3. The van der Waals surface area contributed by atoms with E-state index in [1.54, 1.807) is 6.07 Å². The van der Waals surface area contributed by atoms with E-state index in [1.807, 2.05) is 74.5 Å². The molecule has 0 spiro atoms. The largest absolute Gasteiger partial charge is 0.443 e. The molecule has 2 saturated heterocycles. The lowest BCUT2D eigenvalue weighted by Crippen LogP contribution is -2.51. The maximum atomic E-state index is 14.1. The molecule has 0 unspecified atom stereocenters. The summed E-state index contributed by atoms with van der Waals surface area (Å²) in [4.78, 5) is 13.2. The van der Waals surface area contributed by atoms with Crippen molar-refractivity contribution >= 4 is 27.5 Å². The van der Waals surface area contributed by atoms with Gasteiger partial charge in [-0.1, -0.05) is 74.5 Å². The molecule has 0 aliphatic carbocycles. The van der Waals surface area contributed by atoms with Crippen molar-refractivity contribution in [3.63, 3.8) is 0 Å². The average molecular weight is 653 g/mol. The van der Waals surface area contributed by atoms with Crippen LogP contribution < -0.4 is 16.4 Å². The van der Waals surface area contributed by atoms with E-state index in [0.29, 0.717) is 24.5 Å². The van der Waals surface area contributed by atoms with Crippen molar-refractivity contribution in [1.82, 2.24) is 9.62 Å². The number of nitrogens with two attached hydrogens (primary N) is 1. The van der Waals surface area contributed by atoms with E-state index in [1.165, 1.54) is 16.4 Å². The van der Waals surface area contributed by atoms with E-state index in [0.717, 1.165) is 17.5 Å². The van der Waals surface area contributed by atoms with Gasteiger partial charge in [0.1, 0.15) is 6.10 Å². The highest BCUT2D eigenvalue weighted by atomic mass is 32.2. The number of nitrogen functional groups attached to an aromatic ring is 1. The molecule has 0 aromatic heterocycles. The minimum atomic E-state index is -4.07. The molecule has 2 heterocycles. The number of aliphatic hydroxyl groups is 1. The zero-order valence-electron chi connectivity index (χ0n) is 26.2. The number of amides is 1. The molecule has 0 radical (unpaired) electrons. The van der Waals surface area contributed by atoms with Crippen LogP contribution in [0.4, 0.5) is 16.2 Å². The number of hydrogen-bond acceptors (Lipinski definition) is 9. The topological polar surface area (TPSA) is 152 Å². The molecule has 2 fully saturated rings. The van der Waals surface area contributed by atoms with Gasteiger partial charge < -0.3 is 35.7 Å². The first-order valence-electron chi connectivity index (χ1n) is 15.7. The quantitative estimate of drug-likeness (QED) is 0.190. The van der Waals surface area contributed by atoms with Gasteiger partial charge in [-0.2, -0.15) is 4.31 Å². The van der Waals surface area contributed by atoms with E-state index >= 15 is 0 Å². The third-order valence-corrected chi connectivity index (χ3v) is 10.1. The molecule has 5 atom stereocenters. The minimum Gasteiger partial charge on any atom is -0.443 e. The number of fused-ring (bicyclic) bond motifs is 1. The lowest BCUT2D eigenvalue weighted by molar-refractivity contribution is -0.0907. The third kappa shape index (κ3) is 8.56. The standard InChI is InChI=1S/C34H44N4O7S/c1-23(2)20-38(46(41,42)26-13-14-28(35)29(18-26)36-19-25-11-7-4-8-12-25)21-31(39)30(17-24-9-5-3-6-10-24)37-34(40)45-32-22-44-33-27(32)15-16-43-33/h3-14,18,23,27,30-33,36,39H,15-17,19-22,35H2,1-2H3,(H,37,40)/t27-,30-,31+,32-,33+/m0/s1. The Bertz CT molecular complexity index is 1540. The molecule has 1 amide bonds. The van der Waals surface area contributed by atoms with E-state index in [9.17, 15) is 18.3 Å². The van der Waals surface area contributed by atoms with Gasteiger partial charge in [-0.3, -0.25) is 0 Å². The van der Waals surface area contributed by atoms with Crippen molar-refractivity contribution in [2.24, 2.45) is 11.8 Å². The Morgan fingerprint density at radius 1 is 1.02 bits per heavy atom. The summed E-state index contributed by atoms with van der Waals surface area (Å²) < 4.78 is 46.3. The average Bonchev–Trinajstić information content (AvgIpc) is 3.66. The van der Waals surface area contributed by atoms with Gasteiger partial charge in [0, 0.05) is 19.6 Å². The number of benzene rings is 3. The first kappa shape index (κ1) is 33.7. The van der Waals surface area contributed by atoms with Crippen molar-refractivity contribution in [3.8, 4) is 0 Å². The zero-order chi connectivity index (χ0) is 32.7. The molecular formula is C34H44N4O7S.